The molecule has 23 heavy (non-hydrogen) atoms. The highest BCUT2D eigenvalue weighted by atomic mass is 32.1. The lowest BCUT2D eigenvalue weighted by atomic mass is 10.0. The smallest absolute Gasteiger partial charge is 0.195 e. The maximum absolute atomic E-state index is 12.7. The van der Waals surface area contributed by atoms with Crippen LogP contribution in [0.4, 0.5) is 0 Å². The van der Waals surface area contributed by atoms with Crippen molar-refractivity contribution < 1.29 is 9.90 Å². The molecular weight excluding hydrogens is 308 g/mol. The molecule has 0 aliphatic carbocycles. The SMILES string of the molecule is O=C(c1ccc(O)cc1)c1c[nH]c2ncc(-c3cccs3)cc12. The molecule has 4 nitrogen and oxygen atoms in total. The molecule has 0 unspecified atom stereocenters. The van der Waals surface area contributed by atoms with Gasteiger partial charge in [0.25, 0.3) is 0 Å². The number of nitrogens with one attached hydrogen (secondary N) is 1. The molecule has 0 saturated heterocycles. The van der Waals surface area contributed by atoms with Crippen molar-refractivity contribution in [1.29, 1.82) is 0 Å². The van der Waals surface area contributed by atoms with Gasteiger partial charge in [-0.2, -0.15) is 0 Å². The van der Waals surface area contributed by atoms with Gasteiger partial charge in [-0.1, -0.05) is 6.07 Å². The standard InChI is InChI=1S/C18H12N2O2S/c21-13-5-3-11(4-6-13)17(22)15-10-20-18-14(15)8-12(9-19-18)16-2-1-7-23-16/h1-10,21H,(H,19,20). The van der Waals surface area contributed by atoms with Gasteiger partial charge in [-0.15, -0.1) is 11.3 Å². The first-order valence-electron chi connectivity index (χ1n) is 7.07. The first-order valence-corrected chi connectivity index (χ1v) is 7.95. The van der Waals surface area contributed by atoms with Gasteiger partial charge in [0.1, 0.15) is 11.4 Å². The zero-order valence-corrected chi connectivity index (χ0v) is 12.8. The van der Waals surface area contributed by atoms with Crippen LogP contribution in [-0.2, 0) is 0 Å². The number of benzene rings is 1. The summed E-state index contributed by atoms with van der Waals surface area (Å²) in [6.07, 6.45) is 3.49. The van der Waals surface area contributed by atoms with Crippen LogP contribution in [0.3, 0.4) is 0 Å². The lowest BCUT2D eigenvalue weighted by Gasteiger charge is -2.02. The number of aromatic amines is 1. The number of ketones is 1. The van der Waals surface area contributed by atoms with Crippen molar-refractivity contribution in [2.45, 2.75) is 0 Å². The van der Waals surface area contributed by atoms with Gasteiger partial charge in [-0.05, 0) is 41.8 Å². The van der Waals surface area contributed by atoms with Crippen molar-refractivity contribution in [2.75, 3.05) is 0 Å². The van der Waals surface area contributed by atoms with Crippen LogP contribution >= 0.6 is 11.3 Å². The van der Waals surface area contributed by atoms with Gasteiger partial charge in [0.05, 0.1) is 0 Å². The largest absolute Gasteiger partial charge is 0.508 e. The lowest BCUT2D eigenvalue weighted by Crippen LogP contribution is -1.99. The summed E-state index contributed by atoms with van der Waals surface area (Å²) < 4.78 is 0. The second kappa shape index (κ2) is 5.37. The predicted molar refractivity (Wildman–Crippen MR) is 90.9 cm³/mol. The second-order valence-corrected chi connectivity index (χ2v) is 6.12. The number of nitrogens with zero attached hydrogens (tertiary/aromatic N) is 1. The Balaban J connectivity index is 1.82. The van der Waals surface area contributed by atoms with Gasteiger partial charge in [-0.3, -0.25) is 4.79 Å². The molecule has 0 saturated carbocycles. The number of rotatable bonds is 3. The number of carbonyl (C=O) groups excluding carboxylic acids is 1. The molecule has 2 N–H and O–H groups in total. The van der Waals surface area contributed by atoms with Gasteiger partial charge in [0.15, 0.2) is 5.78 Å². The molecular formula is C18H12N2O2S. The Morgan fingerprint density at radius 3 is 2.74 bits per heavy atom. The highest BCUT2D eigenvalue weighted by Gasteiger charge is 2.15. The fourth-order valence-corrected chi connectivity index (χ4v) is 3.25. The van der Waals surface area contributed by atoms with E-state index in [2.05, 4.69) is 9.97 Å². The van der Waals surface area contributed by atoms with Gasteiger partial charge in [0.2, 0.25) is 0 Å². The summed E-state index contributed by atoms with van der Waals surface area (Å²) in [6, 6.07) is 12.3. The van der Waals surface area contributed by atoms with E-state index in [-0.39, 0.29) is 11.5 Å². The van der Waals surface area contributed by atoms with Crippen LogP contribution in [-0.4, -0.2) is 20.9 Å². The molecule has 0 aliphatic rings. The molecule has 0 spiro atoms. The van der Waals surface area contributed by atoms with Gasteiger partial charge in [0, 0.05) is 39.3 Å². The number of phenolic OH excluding ortho intramolecular Hbond substituents is 1. The molecule has 0 atom stereocenters. The number of aromatic hydroxyl groups is 1. The van der Waals surface area contributed by atoms with E-state index in [9.17, 15) is 9.90 Å². The number of fused-ring (bicyclic) bond motifs is 1. The van der Waals surface area contributed by atoms with Crippen LogP contribution in [0.1, 0.15) is 15.9 Å². The van der Waals surface area contributed by atoms with Crippen LogP contribution in [0.25, 0.3) is 21.5 Å². The predicted octanol–water partition coefficient (Wildman–Crippen LogP) is 4.23. The number of hydrogen-bond donors (Lipinski definition) is 2. The number of H-pyrrole nitrogens is 1. The summed E-state index contributed by atoms with van der Waals surface area (Å²) in [7, 11) is 0. The fraction of sp³-hybridized carbons (Fsp3) is 0. The lowest BCUT2D eigenvalue weighted by molar-refractivity contribution is 0.104. The minimum absolute atomic E-state index is 0.0959. The summed E-state index contributed by atoms with van der Waals surface area (Å²) in [5, 5.41) is 12.2. The number of phenols is 1. The minimum atomic E-state index is -0.0959. The number of carbonyl (C=O) groups is 1. The van der Waals surface area contributed by atoms with Gasteiger partial charge in [-0.25, -0.2) is 4.98 Å². The van der Waals surface area contributed by atoms with Crippen molar-refractivity contribution >= 4 is 28.2 Å². The molecule has 5 heteroatoms. The van der Waals surface area contributed by atoms with Gasteiger partial charge >= 0.3 is 0 Å². The summed E-state index contributed by atoms with van der Waals surface area (Å²) in [4.78, 5) is 21.3. The molecule has 112 valence electrons. The molecule has 0 aliphatic heterocycles. The number of aromatic nitrogens is 2. The highest BCUT2D eigenvalue weighted by molar-refractivity contribution is 7.13. The van der Waals surface area contributed by atoms with E-state index in [0.29, 0.717) is 16.8 Å². The molecule has 3 aromatic heterocycles. The van der Waals surface area contributed by atoms with E-state index in [1.54, 1.807) is 35.9 Å². The molecule has 4 aromatic rings. The summed E-state index contributed by atoms with van der Waals surface area (Å²) in [6.45, 7) is 0. The van der Waals surface area contributed by atoms with Crippen LogP contribution < -0.4 is 0 Å². The molecule has 0 bridgehead atoms. The topological polar surface area (TPSA) is 66.0 Å². The zero-order chi connectivity index (χ0) is 15.8. The average Bonchev–Trinajstić information content (AvgIpc) is 3.24. The third kappa shape index (κ3) is 2.41. The Hall–Kier alpha value is -2.92. The third-order valence-electron chi connectivity index (χ3n) is 3.71. The van der Waals surface area contributed by atoms with E-state index < -0.39 is 0 Å². The molecule has 3 heterocycles. The van der Waals surface area contributed by atoms with Crippen LogP contribution in [0.15, 0.2) is 60.2 Å². The van der Waals surface area contributed by atoms with Crippen LogP contribution in [0.5, 0.6) is 5.75 Å². The van der Waals surface area contributed by atoms with Crippen molar-refractivity contribution in [2.24, 2.45) is 0 Å². The van der Waals surface area contributed by atoms with Crippen molar-refractivity contribution in [3.63, 3.8) is 0 Å². The Morgan fingerprint density at radius 2 is 2.00 bits per heavy atom. The maximum Gasteiger partial charge on any atom is 0.195 e. The van der Waals surface area contributed by atoms with E-state index in [1.165, 1.54) is 12.1 Å². The Morgan fingerprint density at radius 1 is 1.17 bits per heavy atom. The summed E-state index contributed by atoms with van der Waals surface area (Å²) in [5.41, 5.74) is 2.79. The quantitative estimate of drug-likeness (QED) is 0.555. The van der Waals surface area contributed by atoms with E-state index in [0.717, 1.165) is 15.8 Å². The number of thiophene rings is 1. The number of pyridine rings is 1. The van der Waals surface area contributed by atoms with Crippen molar-refractivity contribution in [3.8, 4) is 16.2 Å². The summed E-state index contributed by atoms with van der Waals surface area (Å²) >= 11 is 1.64. The average molecular weight is 320 g/mol. The van der Waals surface area contributed by atoms with E-state index >= 15 is 0 Å². The first-order chi connectivity index (χ1) is 11.2. The van der Waals surface area contributed by atoms with Crippen molar-refractivity contribution in [1.82, 2.24) is 9.97 Å². The molecule has 0 fully saturated rings. The Kier molecular flexibility index (Phi) is 3.20. The minimum Gasteiger partial charge on any atom is -0.508 e. The first kappa shape index (κ1) is 13.7. The van der Waals surface area contributed by atoms with E-state index in [4.69, 9.17) is 0 Å². The van der Waals surface area contributed by atoms with Crippen LogP contribution in [0, 0.1) is 0 Å². The maximum atomic E-state index is 12.7. The Labute approximate surface area is 136 Å². The molecule has 0 radical (unpaired) electrons. The molecule has 1 aromatic carbocycles. The summed E-state index contributed by atoms with van der Waals surface area (Å²) in [5.74, 6) is 0.0449. The fourth-order valence-electron chi connectivity index (χ4n) is 2.54. The monoisotopic (exact) mass is 320 g/mol. The van der Waals surface area contributed by atoms with Crippen LogP contribution in [0.2, 0.25) is 0 Å². The third-order valence-corrected chi connectivity index (χ3v) is 4.63. The van der Waals surface area contributed by atoms with E-state index in [1.807, 2.05) is 23.6 Å². The molecule has 4 rings (SSSR count). The normalized spacial score (nSPS) is 11.0. The molecule has 0 amide bonds. The number of hydrogen-bond acceptors (Lipinski definition) is 4. The highest BCUT2D eigenvalue weighted by Crippen LogP contribution is 2.29. The zero-order valence-electron chi connectivity index (χ0n) is 12.0. The van der Waals surface area contributed by atoms with Crippen molar-refractivity contribution in [3.05, 3.63) is 71.4 Å². The van der Waals surface area contributed by atoms with Gasteiger partial charge < -0.3 is 10.1 Å². The Bertz CT molecular complexity index is 986. The second-order valence-electron chi connectivity index (χ2n) is 5.18.